The highest BCUT2D eigenvalue weighted by Crippen LogP contribution is 2.61. The van der Waals surface area contributed by atoms with Gasteiger partial charge in [0.1, 0.15) is 0 Å². The van der Waals surface area contributed by atoms with Crippen LogP contribution < -0.4 is 5.32 Å². The fourth-order valence-electron chi connectivity index (χ4n) is 11.3. The van der Waals surface area contributed by atoms with Crippen LogP contribution in [0.5, 0.6) is 0 Å². The average Bonchev–Trinajstić information content (AvgIpc) is 3.72. The first-order valence-corrected chi connectivity index (χ1v) is 20.9. The van der Waals surface area contributed by atoms with Crippen molar-refractivity contribution in [2.24, 2.45) is 49.0 Å². The van der Waals surface area contributed by atoms with Gasteiger partial charge in [-0.3, -0.25) is 48.5 Å². The standard InChI is InChI=1S/C44H58N4O14/c1-21-37-23(8-11-30(49)50)22(2)43(6,48-37)18-28-24(9-12-31(51)52)41(4,19-35(59)60)29(45-28)17-27-25(10-13-32(53)54)42(5,20-36(61)62)44(7,47-27)39-26(16-34(57)58)40(3,38(21)46-39)15-14-33(55)56/h17,21,25-26,39,47H,8-16,18-20H2,1-7H3,(H,49,50)(H,51,52)(H,53,54)(H,55,56)(H,57,58)(H,59,60)(H,61,62)/b27-17-/t21?,25-,26+,39-,40-,41+,42+,43?,44+/m1/s1. The lowest BCUT2D eigenvalue weighted by atomic mass is 9.56. The molecule has 18 heteroatoms. The maximum absolute atomic E-state index is 13.0. The van der Waals surface area contributed by atoms with Crippen LogP contribution in [0.2, 0.25) is 0 Å². The summed E-state index contributed by atoms with van der Waals surface area (Å²) in [5.41, 5.74) is -3.33. The van der Waals surface area contributed by atoms with Gasteiger partial charge in [-0.1, -0.05) is 20.8 Å². The zero-order valence-electron chi connectivity index (χ0n) is 36.2. The first kappa shape index (κ1) is 47.4. The lowest BCUT2D eigenvalue weighted by Gasteiger charge is -2.48. The Bertz CT molecular complexity index is 2190. The Kier molecular flexibility index (Phi) is 12.9. The normalized spacial score (nSPS) is 34.6. The predicted molar refractivity (Wildman–Crippen MR) is 223 cm³/mol. The average molecular weight is 867 g/mol. The van der Waals surface area contributed by atoms with Gasteiger partial charge >= 0.3 is 41.8 Å². The molecule has 0 aromatic carbocycles. The Labute approximate surface area is 358 Å². The minimum absolute atomic E-state index is 0.0276. The summed E-state index contributed by atoms with van der Waals surface area (Å²) in [5, 5.41) is 74.8. The van der Waals surface area contributed by atoms with Crippen LogP contribution in [0.15, 0.2) is 49.2 Å². The third-order valence-corrected chi connectivity index (χ3v) is 14.9. The van der Waals surface area contributed by atoms with Gasteiger partial charge in [-0.15, -0.1) is 0 Å². The SMILES string of the molecule is CC1=C(CCC(=O)O)C2=NC1(C)CC1=C(CCC(=O)O)[C@](C)(CC(=O)O)C(=N1)/C=C1\N[C@@](C)([C@@H]3N=C(C2C)[C@](C)(CCC(=O)O)[C@H]3CC(=O)O)[C@@](C)(CC(=O)O)[C@@H]1CCC(=O)O. The fraction of sp³-hybridized carbons (Fsp3) is 0.636. The highest BCUT2D eigenvalue weighted by molar-refractivity contribution is 6.18. The summed E-state index contributed by atoms with van der Waals surface area (Å²) in [6.45, 7) is 12.2. The largest absolute Gasteiger partial charge is 0.481 e. The molecule has 338 valence electrons. The number of hydrogen-bond acceptors (Lipinski definition) is 11. The summed E-state index contributed by atoms with van der Waals surface area (Å²) in [6, 6.07) is -1.08. The number of carbonyl (C=O) groups is 7. The first-order valence-electron chi connectivity index (χ1n) is 20.9. The van der Waals surface area contributed by atoms with E-state index in [1.165, 1.54) is 0 Å². The molecule has 0 aromatic heterocycles. The molecule has 0 radical (unpaired) electrons. The van der Waals surface area contributed by atoms with E-state index in [4.69, 9.17) is 15.0 Å². The second-order valence-corrected chi connectivity index (χ2v) is 18.8. The summed E-state index contributed by atoms with van der Waals surface area (Å²) < 4.78 is 0. The zero-order valence-corrected chi connectivity index (χ0v) is 36.2. The van der Waals surface area contributed by atoms with Crippen LogP contribution in [0.25, 0.3) is 0 Å². The first-order chi connectivity index (χ1) is 28.6. The Morgan fingerprint density at radius 3 is 1.89 bits per heavy atom. The molecule has 2 unspecified atom stereocenters. The van der Waals surface area contributed by atoms with Gasteiger partial charge in [-0.25, -0.2) is 0 Å². The molecule has 0 spiro atoms. The molecule has 8 N–H and O–H groups in total. The van der Waals surface area contributed by atoms with Crippen molar-refractivity contribution in [3.63, 3.8) is 0 Å². The van der Waals surface area contributed by atoms with Crippen molar-refractivity contribution in [2.75, 3.05) is 0 Å². The van der Waals surface area contributed by atoms with Gasteiger partial charge in [-0.2, -0.15) is 0 Å². The van der Waals surface area contributed by atoms with Crippen molar-refractivity contribution in [2.45, 2.75) is 143 Å². The summed E-state index contributed by atoms with van der Waals surface area (Å²) in [7, 11) is 0. The smallest absolute Gasteiger partial charge is 0.304 e. The van der Waals surface area contributed by atoms with Crippen LogP contribution in [0.4, 0.5) is 0 Å². The molecule has 18 nitrogen and oxygen atoms in total. The van der Waals surface area contributed by atoms with Crippen molar-refractivity contribution in [3.8, 4) is 0 Å². The van der Waals surface area contributed by atoms with Crippen LogP contribution in [0.1, 0.15) is 126 Å². The minimum atomic E-state index is -1.50. The Hall–Kier alpha value is -5.68. The Morgan fingerprint density at radius 2 is 1.34 bits per heavy atom. The molecule has 5 aliphatic rings. The summed E-state index contributed by atoms with van der Waals surface area (Å²) in [4.78, 5) is 103. The molecular weight excluding hydrogens is 808 g/mol. The molecular formula is C44H58N4O14. The van der Waals surface area contributed by atoms with Crippen molar-refractivity contribution >= 4 is 58.9 Å². The number of hydrogen-bond donors (Lipinski definition) is 8. The van der Waals surface area contributed by atoms with Gasteiger partial charge in [0.2, 0.25) is 0 Å². The highest BCUT2D eigenvalue weighted by atomic mass is 16.4. The topological polar surface area (TPSA) is 310 Å². The van der Waals surface area contributed by atoms with Crippen LogP contribution in [0.3, 0.4) is 0 Å². The van der Waals surface area contributed by atoms with Crippen molar-refractivity contribution in [3.05, 3.63) is 34.2 Å². The molecule has 5 rings (SSSR count). The van der Waals surface area contributed by atoms with E-state index in [1.54, 1.807) is 40.7 Å². The molecule has 0 aliphatic carbocycles. The van der Waals surface area contributed by atoms with E-state index in [-0.39, 0.29) is 57.1 Å². The quantitative estimate of drug-likeness (QED) is 0.0847. The number of fused-ring (bicyclic) bond motifs is 6. The molecule has 8 bridgehead atoms. The van der Waals surface area contributed by atoms with E-state index in [0.29, 0.717) is 39.5 Å². The van der Waals surface area contributed by atoms with Crippen molar-refractivity contribution in [1.82, 2.24) is 5.32 Å². The van der Waals surface area contributed by atoms with E-state index in [1.807, 2.05) is 13.8 Å². The van der Waals surface area contributed by atoms with E-state index in [0.717, 1.165) is 0 Å². The maximum atomic E-state index is 13.0. The lowest BCUT2D eigenvalue weighted by molar-refractivity contribution is -0.144. The number of aliphatic imine (C=N–C) groups is 3. The van der Waals surface area contributed by atoms with Crippen LogP contribution in [-0.4, -0.2) is 112 Å². The molecule has 62 heavy (non-hydrogen) atoms. The van der Waals surface area contributed by atoms with Gasteiger partial charge in [0.05, 0.1) is 42.1 Å². The van der Waals surface area contributed by atoms with E-state index in [9.17, 15) is 69.3 Å². The maximum Gasteiger partial charge on any atom is 0.304 e. The second kappa shape index (κ2) is 16.9. The molecule has 0 amide bonds. The van der Waals surface area contributed by atoms with Gasteiger partial charge in [0.15, 0.2) is 0 Å². The fourth-order valence-corrected chi connectivity index (χ4v) is 11.3. The molecule has 0 saturated carbocycles. The molecule has 9 atom stereocenters. The molecule has 1 fully saturated rings. The van der Waals surface area contributed by atoms with Crippen molar-refractivity contribution < 1.29 is 69.3 Å². The third-order valence-electron chi connectivity index (χ3n) is 14.9. The van der Waals surface area contributed by atoms with E-state index < -0.39 is 119 Å². The molecule has 5 aliphatic heterocycles. The number of aliphatic carboxylic acids is 7. The predicted octanol–water partition coefficient (Wildman–Crippen LogP) is 5.47. The van der Waals surface area contributed by atoms with Gasteiger partial charge in [0.25, 0.3) is 0 Å². The number of nitrogens with zero attached hydrogens (tertiary/aromatic N) is 3. The second-order valence-electron chi connectivity index (χ2n) is 18.8. The summed E-state index contributed by atoms with van der Waals surface area (Å²) >= 11 is 0. The minimum Gasteiger partial charge on any atom is -0.481 e. The zero-order chi connectivity index (χ0) is 46.5. The number of carboxylic acids is 7. The highest BCUT2D eigenvalue weighted by Gasteiger charge is 2.66. The number of rotatable bonds is 18. The third kappa shape index (κ3) is 8.43. The number of nitrogens with one attached hydrogen (secondary N) is 1. The summed E-state index contributed by atoms with van der Waals surface area (Å²) in [6.07, 6.45) is -1.66. The van der Waals surface area contributed by atoms with Crippen molar-refractivity contribution in [1.29, 1.82) is 0 Å². The Balaban J connectivity index is 1.95. The molecule has 1 saturated heterocycles. The van der Waals surface area contributed by atoms with Gasteiger partial charge in [0, 0.05) is 88.9 Å². The van der Waals surface area contributed by atoms with Crippen LogP contribution in [-0.2, 0) is 33.6 Å². The number of allylic oxidation sites excluding steroid dienone is 4. The molecule has 0 aromatic rings. The lowest BCUT2D eigenvalue weighted by Crippen LogP contribution is -2.60. The van der Waals surface area contributed by atoms with E-state index in [2.05, 4.69) is 5.32 Å². The van der Waals surface area contributed by atoms with Crippen LogP contribution in [0, 0.1) is 34.0 Å². The monoisotopic (exact) mass is 866 g/mol. The van der Waals surface area contributed by atoms with E-state index >= 15 is 0 Å². The number of carboxylic acid groups (broad SMARTS) is 7. The van der Waals surface area contributed by atoms with Gasteiger partial charge < -0.3 is 41.1 Å². The Morgan fingerprint density at radius 1 is 0.758 bits per heavy atom. The van der Waals surface area contributed by atoms with Crippen LogP contribution >= 0.6 is 0 Å². The molecule has 5 heterocycles. The summed E-state index contributed by atoms with van der Waals surface area (Å²) in [5.74, 6) is -10.8. The van der Waals surface area contributed by atoms with Gasteiger partial charge in [-0.05, 0) is 76.2 Å².